The number of amides is 2. The molecule has 4 aromatic heterocycles. The Kier molecular flexibility index (Phi) is 17.4. The number of morpholine rings is 1. The molecule has 1 saturated heterocycles. The second-order valence-electron chi connectivity index (χ2n) is 16.1. The molecule has 1 fully saturated rings. The van der Waals surface area contributed by atoms with Crippen molar-refractivity contribution in [3.8, 4) is 11.5 Å². The van der Waals surface area contributed by atoms with E-state index in [9.17, 15) is 9.59 Å². The number of hydrogen-bond acceptors (Lipinski definition) is 10. The maximum absolute atomic E-state index is 12.9. The summed E-state index contributed by atoms with van der Waals surface area (Å²) in [6.07, 6.45) is 2.89. The van der Waals surface area contributed by atoms with Crippen LogP contribution in [0, 0.1) is 25.7 Å². The second-order valence-corrected chi connectivity index (χ2v) is 18.2. The monoisotopic (exact) mass is 983 g/mol. The minimum Gasteiger partial charge on any atom is -0.493 e. The van der Waals surface area contributed by atoms with Crippen LogP contribution in [-0.2, 0) is 17.8 Å². The van der Waals surface area contributed by atoms with Gasteiger partial charge >= 0.3 is 0 Å². The maximum atomic E-state index is 12.9. The number of halogens is 5. The molecule has 0 bridgehead atoms. The molecule has 65 heavy (non-hydrogen) atoms. The number of nitrogens with one attached hydrogen (secondary N) is 2. The van der Waals surface area contributed by atoms with Crippen molar-refractivity contribution >= 4 is 87.3 Å². The van der Waals surface area contributed by atoms with Gasteiger partial charge in [0.2, 0.25) is 0 Å². The van der Waals surface area contributed by atoms with Crippen LogP contribution in [0.25, 0.3) is 0 Å². The van der Waals surface area contributed by atoms with Gasteiger partial charge in [-0.15, -0.1) is 0 Å². The van der Waals surface area contributed by atoms with Crippen LogP contribution in [0.5, 0.6) is 11.5 Å². The van der Waals surface area contributed by atoms with Gasteiger partial charge in [0.1, 0.15) is 22.5 Å². The van der Waals surface area contributed by atoms with Gasteiger partial charge < -0.3 is 29.7 Å². The number of aryl methyl sites for hydroxylation is 2. The van der Waals surface area contributed by atoms with E-state index < -0.39 is 0 Å². The Labute approximate surface area is 403 Å². The van der Waals surface area contributed by atoms with E-state index in [0.717, 1.165) is 34.0 Å². The predicted octanol–water partition coefficient (Wildman–Crippen LogP) is 10.9. The SMILES string of the molecule is Cc1cc(NC(=O)c2cnc(Cl)c(Cl)c2)nn1Cc1cc(Cl)ccc1OCC(C)C.Cc1cc(NC(=O)c2cnc(N3CCOCC3)c(Cl)c2)nn1Cc1cc(Cl)ccc1OCC(C)C. The minimum absolute atomic E-state index is 0.144. The van der Waals surface area contributed by atoms with Crippen LogP contribution >= 0.6 is 58.0 Å². The lowest BCUT2D eigenvalue weighted by Crippen LogP contribution is -2.37. The van der Waals surface area contributed by atoms with E-state index in [4.69, 9.17) is 72.2 Å². The van der Waals surface area contributed by atoms with Gasteiger partial charge in [0, 0.05) is 70.2 Å². The molecule has 0 spiro atoms. The van der Waals surface area contributed by atoms with Crippen molar-refractivity contribution in [1.82, 2.24) is 29.5 Å². The molecule has 2 N–H and O–H groups in total. The first-order chi connectivity index (χ1) is 31.0. The summed E-state index contributed by atoms with van der Waals surface area (Å²) in [7, 11) is 0. The quantitative estimate of drug-likeness (QED) is 0.0952. The molecule has 14 nitrogen and oxygen atoms in total. The third kappa shape index (κ3) is 14.0. The number of hydrogen-bond donors (Lipinski definition) is 2. The molecule has 2 amide bonds. The smallest absolute Gasteiger partial charge is 0.258 e. The molecular weight excluding hydrogens is 936 g/mol. The number of carbonyl (C=O) groups is 2. The van der Waals surface area contributed by atoms with Gasteiger partial charge in [0.25, 0.3) is 11.8 Å². The normalized spacial score (nSPS) is 12.5. The molecule has 1 aliphatic rings. The number of ether oxygens (including phenoxy) is 3. The number of pyridine rings is 2. The molecule has 19 heteroatoms. The highest BCUT2D eigenvalue weighted by Gasteiger charge is 2.20. The highest BCUT2D eigenvalue weighted by atomic mass is 35.5. The van der Waals surface area contributed by atoms with E-state index in [0.29, 0.717) is 103 Å². The van der Waals surface area contributed by atoms with E-state index in [1.165, 1.54) is 18.5 Å². The standard InChI is InChI=1S/C25H29Cl2N5O3.C21H21Cl3N4O2/c1-16(2)15-35-22-5-4-20(26)11-19(22)14-32-17(3)10-23(30-32)29-25(33)18-12-21(27)24(28-13-18)31-6-8-34-9-7-31;1-12(2)11-30-18-5-4-16(22)7-15(18)10-28-13(3)6-19(27-28)26-21(29)14-8-17(23)20(24)25-9-14/h4-5,10-13,16H,6-9,14-15H2,1-3H3,(H,29,30,33);4-9,12H,10-11H2,1-3H3,(H,26,27,29). The van der Waals surface area contributed by atoms with E-state index in [1.54, 1.807) is 27.6 Å². The Morgan fingerprint density at radius 2 is 1.12 bits per heavy atom. The van der Waals surface area contributed by atoms with Crippen LogP contribution in [0.2, 0.25) is 25.2 Å². The lowest BCUT2D eigenvalue weighted by Gasteiger charge is -2.28. The van der Waals surface area contributed by atoms with Gasteiger partial charge in [-0.1, -0.05) is 85.7 Å². The highest BCUT2D eigenvalue weighted by molar-refractivity contribution is 6.41. The lowest BCUT2D eigenvalue weighted by molar-refractivity contribution is 0.101. The van der Waals surface area contributed by atoms with Crippen molar-refractivity contribution in [2.45, 2.75) is 54.6 Å². The van der Waals surface area contributed by atoms with Crippen molar-refractivity contribution in [1.29, 1.82) is 0 Å². The molecule has 6 aromatic rings. The summed E-state index contributed by atoms with van der Waals surface area (Å²) in [6.45, 7) is 17.0. The fourth-order valence-electron chi connectivity index (χ4n) is 6.41. The molecular formula is C46H50Cl5N9O5. The van der Waals surface area contributed by atoms with Gasteiger partial charge in [-0.3, -0.25) is 19.0 Å². The molecule has 0 saturated carbocycles. The molecule has 2 aromatic carbocycles. The minimum atomic E-state index is -0.380. The topological polar surface area (TPSA) is 151 Å². The third-order valence-corrected chi connectivity index (χ3v) is 11.2. The lowest BCUT2D eigenvalue weighted by atomic mass is 10.2. The first-order valence-corrected chi connectivity index (χ1v) is 22.7. The van der Waals surface area contributed by atoms with Crippen molar-refractivity contribution in [2.75, 3.05) is 55.1 Å². The zero-order valence-corrected chi connectivity index (χ0v) is 40.6. The first-order valence-electron chi connectivity index (χ1n) is 20.9. The molecule has 5 heterocycles. The number of carbonyl (C=O) groups excluding carboxylic acids is 2. The number of rotatable bonds is 15. The number of anilines is 3. The van der Waals surface area contributed by atoms with E-state index in [2.05, 4.69) is 58.5 Å². The maximum Gasteiger partial charge on any atom is 0.258 e. The largest absolute Gasteiger partial charge is 0.493 e. The fraction of sp³-hybridized carbons (Fsp3) is 0.348. The second kappa shape index (κ2) is 22.9. The summed E-state index contributed by atoms with van der Waals surface area (Å²) < 4.78 is 20.8. The van der Waals surface area contributed by atoms with Gasteiger partial charge in [-0.2, -0.15) is 10.2 Å². The Bertz CT molecular complexity index is 2610. The summed E-state index contributed by atoms with van der Waals surface area (Å²) in [5.74, 6) is 3.12. The molecule has 0 radical (unpaired) electrons. The molecule has 0 unspecified atom stereocenters. The molecule has 344 valence electrons. The van der Waals surface area contributed by atoms with Gasteiger partial charge in [-0.05, 0) is 74.2 Å². The summed E-state index contributed by atoms with van der Waals surface area (Å²) in [4.78, 5) is 35.7. The Hall–Kier alpha value is -5.09. The summed E-state index contributed by atoms with van der Waals surface area (Å²) in [5.41, 5.74) is 4.22. The van der Waals surface area contributed by atoms with Crippen LogP contribution in [0.4, 0.5) is 17.5 Å². The van der Waals surface area contributed by atoms with Gasteiger partial charge in [0.15, 0.2) is 11.6 Å². The Morgan fingerprint density at radius 3 is 1.57 bits per heavy atom. The number of aromatic nitrogens is 6. The first kappa shape index (κ1) is 49.3. The van der Waals surface area contributed by atoms with Crippen molar-refractivity contribution < 1.29 is 23.8 Å². The molecule has 1 aliphatic heterocycles. The Morgan fingerprint density at radius 1 is 0.662 bits per heavy atom. The molecule has 0 aliphatic carbocycles. The highest BCUT2D eigenvalue weighted by Crippen LogP contribution is 2.29. The molecule has 0 atom stereocenters. The van der Waals surface area contributed by atoms with Gasteiger partial charge in [0.05, 0.1) is 60.7 Å². The number of benzene rings is 2. The fourth-order valence-corrected chi connectivity index (χ4v) is 7.35. The number of nitrogens with zero attached hydrogens (tertiary/aromatic N) is 7. The zero-order valence-electron chi connectivity index (χ0n) is 36.8. The van der Waals surface area contributed by atoms with E-state index in [-0.39, 0.29) is 27.6 Å². The van der Waals surface area contributed by atoms with Crippen molar-refractivity contribution in [3.05, 3.63) is 132 Å². The average molecular weight is 986 g/mol. The Balaban J connectivity index is 0.000000218. The predicted molar refractivity (Wildman–Crippen MR) is 258 cm³/mol. The van der Waals surface area contributed by atoms with E-state index >= 15 is 0 Å². The third-order valence-electron chi connectivity index (χ3n) is 9.73. The summed E-state index contributed by atoms with van der Waals surface area (Å²) in [5, 5.41) is 16.7. The van der Waals surface area contributed by atoms with Crippen LogP contribution < -0.4 is 25.0 Å². The van der Waals surface area contributed by atoms with Gasteiger partial charge in [-0.25, -0.2) is 9.97 Å². The van der Waals surface area contributed by atoms with Crippen LogP contribution in [0.1, 0.15) is 70.9 Å². The van der Waals surface area contributed by atoms with Crippen molar-refractivity contribution in [3.63, 3.8) is 0 Å². The summed E-state index contributed by atoms with van der Waals surface area (Å²) in [6, 6.07) is 17.8. The summed E-state index contributed by atoms with van der Waals surface area (Å²) >= 11 is 30.6. The molecule has 7 rings (SSSR count). The zero-order chi connectivity index (χ0) is 46.8. The average Bonchev–Trinajstić information content (AvgIpc) is 3.79. The van der Waals surface area contributed by atoms with Crippen LogP contribution in [-0.4, -0.2) is 80.9 Å². The van der Waals surface area contributed by atoms with Crippen molar-refractivity contribution in [2.24, 2.45) is 11.8 Å². The van der Waals surface area contributed by atoms with Crippen LogP contribution in [0.3, 0.4) is 0 Å². The van der Waals surface area contributed by atoms with E-state index in [1.807, 2.05) is 55.1 Å². The van der Waals surface area contributed by atoms with Crippen LogP contribution in [0.15, 0.2) is 73.1 Å².